The summed E-state index contributed by atoms with van der Waals surface area (Å²) in [6.45, 7) is 3.69. The fraction of sp³-hybridized carbons (Fsp3) is 0.267. The maximum Gasteiger partial charge on any atom is 0.281 e. The quantitative estimate of drug-likeness (QED) is 0.853. The van der Waals surface area contributed by atoms with Gasteiger partial charge in [-0.3, -0.25) is 20.4 Å². The van der Waals surface area contributed by atoms with Crippen LogP contribution in [-0.4, -0.2) is 16.8 Å². The molecule has 0 atom stereocenters. The van der Waals surface area contributed by atoms with Gasteiger partial charge in [0, 0.05) is 12.0 Å². The van der Waals surface area contributed by atoms with Gasteiger partial charge in [0.25, 0.3) is 5.91 Å². The van der Waals surface area contributed by atoms with Crippen molar-refractivity contribution in [2.24, 2.45) is 0 Å². The minimum absolute atomic E-state index is 0.198. The number of amides is 2. The van der Waals surface area contributed by atoms with Crippen LogP contribution in [0.4, 0.5) is 0 Å². The van der Waals surface area contributed by atoms with E-state index in [1.54, 1.807) is 6.92 Å². The standard InChI is InChI=1S/C15H17N3O2S/c1-3-7-12(19)17-18-14(20)13-10(2)16-15(21-13)11-8-5-4-6-9-11/h4-6,8-9H,3,7H2,1-2H3,(H,17,19)(H,18,20). The number of thiazole rings is 1. The molecule has 0 saturated heterocycles. The Morgan fingerprint density at radius 1 is 1.19 bits per heavy atom. The maximum absolute atomic E-state index is 12.1. The Hall–Kier alpha value is -2.21. The van der Waals surface area contributed by atoms with E-state index in [1.165, 1.54) is 11.3 Å². The Kier molecular flexibility index (Phi) is 5.05. The molecule has 1 heterocycles. The monoisotopic (exact) mass is 303 g/mol. The minimum atomic E-state index is -0.336. The number of hydrazine groups is 1. The number of rotatable bonds is 4. The lowest BCUT2D eigenvalue weighted by atomic mass is 10.2. The van der Waals surface area contributed by atoms with Crippen LogP contribution in [-0.2, 0) is 4.79 Å². The molecule has 2 aromatic rings. The highest BCUT2D eigenvalue weighted by Gasteiger charge is 2.16. The number of hydrogen-bond acceptors (Lipinski definition) is 4. The first-order valence-electron chi connectivity index (χ1n) is 6.74. The first-order chi connectivity index (χ1) is 10.1. The summed E-state index contributed by atoms with van der Waals surface area (Å²) in [6, 6.07) is 9.68. The first kappa shape index (κ1) is 15.2. The van der Waals surface area contributed by atoms with E-state index in [4.69, 9.17) is 0 Å². The molecule has 2 N–H and O–H groups in total. The molecule has 110 valence electrons. The van der Waals surface area contributed by atoms with Crippen LogP contribution in [0.3, 0.4) is 0 Å². The Morgan fingerprint density at radius 2 is 1.90 bits per heavy atom. The van der Waals surface area contributed by atoms with Crippen molar-refractivity contribution in [3.8, 4) is 10.6 Å². The van der Waals surface area contributed by atoms with Crippen molar-refractivity contribution in [2.45, 2.75) is 26.7 Å². The van der Waals surface area contributed by atoms with Gasteiger partial charge in [-0.1, -0.05) is 37.3 Å². The lowest BCUT2D eigenvalue weighted by molar-refractivity contribution is -0.121. The van der Waals surface area contributed by atoms with Gasteiger partial charge in [0.05, 0.1) is 5.69 Å². The summed E-state index contributed by atoms with van der Waals surface area (Å²) < 4.78 is 0. The highest BCUT2D eigenvalue weighted by molar-refractivity contribution is 7.17. The average Bonchev–Trinajstić information content (AvgIpc) is 2.88. The number of aryl methyl sites for hydroxylation is 1. The predicted octanol–water partition coefficient (Wildman–Crippen LogP) is 2.68. The second-order valence-corrected chi connectivity index (χ2v) is 5.55. The number of nitrogens with zero attached hydrogens (tertiary/aromatic N) is 1. The molecule has 2 rings (SSSR count). The zero-order valence-corrected chi connectivity index (χ0v) is 12.8. The SMILES string of the molecule is CCCC(=O)NNC(=O)c1sc(-c2ccccc2)nc1C. The van der Waals surface area contributed by atoms with Gasteiger partial charge in [0.15, 0.2) is 0 Å². The van der Waals surface area contributed by atoms with E-state index in [-0.39, 0.29) is 11.8 Å². The number of benzene rings is 1. The number of nitrogens with one attached hydrogen (secondary N) is 2. The van der Waals surface area contributed by atoms with Crippen molar-refractivity contribution >= 4 is 23.2 Å². The third-order valence-electron chi connectivity index (χ3n) is 2.82. The largest absolute Gasteiger partial charge is 0.281 e. The summed E-state index contributed by atoms with van der Waals surface area (Å²) in [7, 11) is 0. The van der Waals surface area contributed by atoms with E-state index in [9.17, 15) is 9.59 Å². The van der Waals surface area contributed by atoms with Crippen molar-refractivity contribution in [1.29, 1.82) is 0 Å². The van der Waals surface area contributed by atoms with Gasteiger partial charge < -0.3 is 0 Å². The second-order valence-electron chi connectivity index (χ2n) is 4.55. The van der Waals surface area contributed by atoms with E-state index in [1.807, 2.05) is 37.3 Å². The summed E-state index contributed by atoms with van der Waals surface area (Å²) in [5.41, 5.74) is 6.45. The minimum Gasteiger partial charge on any atom is -0.273 e. The van der Waals surface area contributed by atoms with Crippen LogP contribution in [0.1, 0.15) is 35.1 Å². The predicted molar refractivity (Wildman–Crippen MR) is 82.8 cm³/mol. The number of aromatic nitrogens is 1. The normalized spacial score (nSPS) is 10.2. The topological polar surface area (TPSA) is 71.1 Å². The molecule has 0 radical (unpaired) electrons. The molecule has 0 aliphatic heterocycles. The summed E-state index contributed by atoms with van der Waals surface area (Å²) in [4.78, 5) is 28.3. The van der Waals surface area contributed by atoms with E-state index in [2.05, 4.69) is 15.8 Å². The van der Waals surface area contributed by atoms with E-state index >= 15 is 0 Å². The molecule has 0 aliphatic rings. The molecule has 0 aliphatic carbocycles. The molecule has 0 saturated carbocycles. The molecule has 1 aromatic carbocycles. The van der Waals surface area contributed by atoms with Crippen LogP contribution in [0, 0.1) is 6.92 Å². The Bertz CT molecular complexity index is 638. The van der Waals surface area contributed by atoms with E-state index in [0.717, 1.165) is 17.0 Å². The third-order valence-corrected chi connectivity index (χ3v) is 4.02. The number of carbonyl (C=O) groups excluding carboxylic acids is 2. The molecular weight excluding hydrogens is 286 g/mol. The summed E-state index contributed by atoms with van der Waals surface area (Å²) in [5.74, 6) is -0.534. The highest BCUT2D eigenvalue weighted by Crippen LogP contribution is 2.27. The second kappa shape index (κ2) is 6.99. The van der Waals surface area contributed by atoms with Crippen molar-refractivity contribution in [2.75, 3.05) is 0 Å². The third kappa shape index (κ3) is 3.88. The Balaban J connectivity index is 2.09. The molecule has 2 amide bonds. The van der Waals surface area contributed by atoms with Crippen LogP contribution < -0.4 is 10.9 Å². The van der Waals surface area contributed by atoms with E-state index < -0.39 is 0 Å². The lowest BCUT2D eigenvalue weighted by Crippen LogP contribution is -2.41. The summed E-state index contributed by atoms with van der Waals surface area (Å²) >= 11 is 1.31. The van der Waals surface area contributed by atoms with E-state index in [0.29, 0.717) is 17.0 Å². The van der Waals surface area contributed by atoms with Crippen LogP contribution in [0.15, 0.2) is 30.3 Å². The molecule has 0 spiro atoms. The van der Waals surface area contributed by atoms with Crippen molar-refractivity contribution < 1.29 is 9.59 Å². The maximum atomic E-state index is 12.1. The van der Waals surface area contributed by atoms with Gasteiger partial charge in [-0.25, -0.2) is 4.98 Å². The van der Waals surface area contributed by atoms with Gasteiger partial charge in [-0.15, -0.1) is 11.3 Å². The molecule has 6 heteroatoms. The molecule has 0 bridgehead atoms. The fourth-order valence-corrected chi connectivity index (χ4v) is 2.75. The average molecular weight is 303 g/mol. The Labute approximate surface area is 127 Å². The molecule has 0 fully saturated rings. The van der Waals surface area contributed by atoms with Crippen LogP contribution in [0.2, 0.25) is 0 Å². The van der Waals surface area contributed by atoms with Gasteiger partial charge in [0.2, 0.25) is 5.91 Å². The summed E-state index contributed by atoms with van der Waals surface area (Å²) in [6.07, 6.45) is 1.12. The molecule has 5 nitrogen and oxygen atoms in total. The van der Waals surface area contributed by atoms with Crippen molar-refractivity contribution in [3.63, 3.8) is 0 Å². The zero-order valence-electron chi connectivity index (χ0n) is 12.0. The van der Waals surface area contributed by atoms with Gasteiger partial charge in [0.1, 0.15) is 9.88 Å². The smallest absolute Gasteiger partial charge is 0.273 e. The summed E-state index contributed by atoms with van der Waals surface area (Å²) in [5, 5.41) is 0.790. The Morgan fingerprint density at radius 3 is 2.57 bits per heavy atom. The zero-order chi connectivity index (χ0) is 15.2. The molecule has 1 aromatic heterocycles. The highest BCUT2D eigenvalue weighted by atomic mass is 32.1. The number of hydrogen-bond donors (Lipinski definition) is 2. The van der Waals surface area contributed by atoms with Crippen LogP contribution in [0.5, 0.6) is 0 Å². The number of carbonyl (C=O) groups is 2. The van der Waals surface area contributed by atoms with Crippen molar-refractivity contribution in [3.05, 3.63) is 40.9 Å². The molecular formula is C15H17N3O2S. The van der Waals surface area contributed by atoms with Gasteiger partial charge >= 0.3 is 0 Å². The molecule has 0 unspecified atom stereocenters. The fourth-order valence-electron chi connectivity index (χ4n) is 1.78. The molecule has 21 heavy (non-hydrogen) atoms. The lowest BCUT2D eigenvalue weighted by Gasteiger charge is -2.05. The van der Waals surface area contributed by atoms with Crippen molar-refractivity contribution in [1.82, 2.24) is 15.8 Å². The van der Waals surface area contributed by atoms with Crippen LogP contribution in [0.25, 0.3) is 10.6 Å². The van der Waals surface area contributed by atoms with Crippen LogP contribution >= 0.6 is 11.3 Å². The van der Waals surface area contributed by atoms with Gasteiger partial charge in [-0.05, 0) is 13.3 Å². The first-order valence-corrected chi connectivity index (χ1v) is 7.55. The van der Waals surface area contributed by atoms with Gasteiger partial charge in [-0.2, -0.15) is 0 Å².